The Bertz CT molecular complexity index is 416. The average Bonchev–Trinajstić information content (AvgIpc) is 2.46. The Kier molecular flexibility index (Phi) is 4.92. The van der Waals surface area contributed by atoms with Gasteiger partial charge in [0.1, 0.15) is 0 Å². The summed E-state index contributed by atoms with van der Waals surface area (Å²) in [5.74, 6) is 0. The SMILES string of the molecule is CCC(C)N[PH2](c1ccccc1)c1ccccc1. The maximum atomic E-state index is 3.84. The molecule has 0 saturated carbocycles. The van der Waals surface area contributed by atoms with E-state index in [4.69, 9.17) is 0 Å². The molecule has 96 valence electrons. The van der Waals surface area contributed by atoms with Crippen LogP contribution in [0.4, 0.5) is 0 Å². The minimum absolute atomic E-state index is 0.571. The molecule has 1 unspecified atom stereocenters. The van der Waals surface area contributed by atoms with E-state index in [0.717, 1.165) is 0 Å². The predicted molar refractivity (Wildman–Crippen MR) is 84.8 cm³/mol. The van der Waals surface area contributed by atoms with Crippen molar-refractivity contribution in [1.82, 2.24) is 5.09 Å². The van der Waals surface area contributed by atoms with Crippen molar-refractivity contribution in [3.8, 4) is 0 Å². The summed E-state index contributed by atoms with van der Waals surface area (Å²) in [4.78, 5) is 0. The third-order valence-electron chi connectivity index (χ3n) is 3.33. The summed E-state index contributed by atoms with van der Waals surface area (Å²) in [6, 6.07) is 22.3. The van der Waals surface area contributed by atoms with Gasteiger partial charge in [0.2, 0.25) is 0 Å². The van der Waals surface area contributed by atoms with Gasteiger partial charge in [-0.1, -0.05) is 0 Å². The van der Waals surface area contributed by atoms with Crippen molar-refractivity contribution >= 4 is 18.7 Å². The molecule has 0 radical (unpaired) electrons. The van der Waals surface area contributed by atoms with E-state index in [9.17, 15) is 0 Å². The first kappa shape index (κ1) is 13.3. The van der Waals surface area contributed by atoms with Gasteiger partial charge in [0, 0.05) is 0 Å². The molecule has 2 heteroatoms. The fraction of sp³-hybridized carbons (Fsp3) is 0.250. The predicted octanol–water partition coefficient (Wildman–Crippen LogP) is 2.89. The molecule has 0 aliphatic heterocycles. The van der Waals surface area contributed by atoms with Crippen LogP contribution in [-0.4, -0.2) is 6.04 Å². The molecule has 1 nitrogen and oxygen atoms in total. The van der Waals surface area contributed by atoms with Crippen LogP contribution in [0.5, 0.6) is 0 Å². The van der Waals surface area contributed by atoms with Crippen molar-refractivity contribution in [2.75, 3.05) is 0 Å². The molecule has 2 aromatic carbocycles. The summed E-state index contributed by atoms with van der Waals surface area (Å²) in [5.41, 5.74) is 0. The van der Waals surface area contributed by atoms with Crippen LogP contribution < -0.4 is 15.7 Å². The van der Waals surface area contributed by atoms with E-state index < -0.39 is 8.07 Å². The molecular formula is C16H22NP. The third-order valence-corrected chi connectivity index (χ3v) is 6.33. The van der Waals surface area contributed by atoms with Gasteiger partial charge in [0.25, 0.3) is 0 Å². The molecule has 0 spiro atoms. The van der Waals surface area contributed by atoms with Gasteiger partial charge in [-0.2, -0.15) is 0 Å². The van der Waals surface area contributed by atoms with E-state index in [0.29, 0.717) is 6.04 Å². The second-order valence-electron chi connectivity index (χ2n) is 4.73. The molecule has 18 heavy (non-hydrogen) atoms. The molecule has 0 aliphatic carbocycles. The van der Waals surface area contributed by atoms with Gasteiger partial charge in [-0.05, 0) is 0 Å². The second-order valence-corrected chi connectivity index (χ2v) is 7.26. The summed E-state index contributed by atoms with van der Waals surface area (Å²) < 4.78 is 0. The fourth-order valence-corrected chi connectivity index (χ4v) is 4.87. The summed E-state index contributed by atoms with van der Waals surface area (Å²) in [7, 11) is -1.28. The topological polar surface area (TPSA) is 12.0 Å². The van der Waals surface area contributed by atoms with Crippen molar-refractivity contribution in [3.05, 3.63) is 60.7 Å². The van der Waals surface area contributed by atoms with Crippen LogP contribution in [0.2, 0.25) is 0 Å². The van der Waals surface area contributed by atoms with Crippen LogP contribution in [0, 0.1) is 0 Å². The molecule has 0 heterocycles. The number of rotatable bonds is 5. The molecule has 2 aromatic rings. The molecule has 0 fully saturated rings. The summed E-state index contributed by atoms with van der Waals surface area (Å²) in [5, 5.41) is 6.76. The van der Waals surface area contributed by atoms with Gasteiger partial charge in [-0.3, -0.25) is 0 Å². The van der Waals surface area contributed by atoms with Crippen LogP contribution in [0.15, 0.2) is 60.7 Å². The van der Waals surface area contributed by atoms with Crippen molar-refractivity contribution in [2.45, 2.75) is 26.3 Å². The van der Waals surface area contributed by atoms with Crippen LogP contribution in [0.25, 0.3) is 0 Å². The number of hydrogen-bond donors (Lipinski definition) is 1. The van der Waals surface area contributed by atoms with Crippen molar-refractivity contribution in [1.29, 1.82) is 0 Å². The first-order chi connectivity index (χ1) is 8.81. The van der Waals surface area contributed by atoms with Gasteiger partial charge in [0.15, 0.2) is 0 Å². The fourth-order valence-electron chi connectivity index (χ4n) is 2.08. The zero-order valence-corrected chi connectivity index (χ0v) is 12.3. The molecule has 0 aromatic heterocycles. The molecule has 0 bridgehead atoms. The molecule has 1 atom stereocenters. The monoisotopic (exact) mass is 259 g/mol. The van der Waals surface area contributed by atoms with Gasteiger partial charge < -0.3 is 0 Å². The van der Waals surface area contributed by atoms with Crippen LogP contribution in [0.3, 0.4) is 0 Å². The minimum atomic E-state index is -1.28. The molecule has 0 aliphatic rings. The molecule has 0 saturated heterocycles. The average molecular weight is 259 g/mol. The maximum absolute atomic E-state index is 3.84. The number of benzene rings is 2. The number of nitrogens with one attached hydrogen (secondary N) is 1. The molecule has 2 rings (SSSR count). The second kappa shape index (κ2) is 6.68. The van der Waals surface area contributed by atoms with Crippen LogP contribution in [0.1, 0.15) is 20.3 Å². The van der Waals surface area contributed by atoms with Crippen molar-refractivity contribution in [2.24, 2.45) is 0 Å². The Balaban J connectivity index is 2.29. The Morgan fingerprint density at radius 2 is 1.33 bits per heavy atom. The van der Waals surface area contributed by atoms with Crippen LogP contribution in [-0.2, 0) is 0 Å². The van der Waals surface area contributed by atoms with E-state index in [1.165, 1.54) is 17.0 Å². The first-order valence-corrected chi connectivity index (χ1v) is 8.40. The van der Waals surface area contributed by atoms with E-state index in [-0.39, 0.29) is 0 Å². The first-order valence-electron chi connectivity index (χ1n) is 6.67. The molecule has 1 N–H and O–H groups in total. The normalized spacial score (nSPS) is 13.1. The number of hydrogen-bond acceptors (Lipinski definition) is 1. The quantitative estimate of drug-likeness (QED) is 0.814. The Hall–Kier alpha value is -1.17. The summed E-state index contributed by atoms with van der Waals surface area (Å²) in [6.45, 7) is 4.50. The van der Waals surface area contributed by atoms with Crippen molar-refractivity contribution < 1.29 is 0 Å². The Morgan fingerprint density at radius 3 is 1.72 bits per heavy atom. The van der Waals surface area contributed by atoms with Gasteiger partial charge >= 0.3 is 111 Å². The van der Waals surface area contributed by atoms with Crippen LogP contribution >= 0.6 is 8.07 Å². The Morgan fingerprint density at radius 1 is 0.889 bits per heavy atom. The van der Waals surface area contributed by atoms with E-state index in [1.54, 1.807) is 0 Å². The summed E-state index contributed by atoms with van der Waals surface area (Å²) in [6.07, 6.45) is 1.17. The van der Waals surface area contributed by atoms with E-state index in [2.05, 4.69) is 79.6 Å². The van der Waals surface area contributed by atoms with E-state index >= 15 is 0 Å². The third kappa shape index (κ3) is 3.41. The van der Waals surface area contributed by atoms with Gasteiger partial charge in [0.05, 0.1) is 0 Å². The molecular weight excluding hydrogens is 237 g/mol. The standard InChI is InChI=1S/C16H22NP/c1-3-14(2)17-18(15-10-6-4-7-11-15)16-12-8-5-9-13-16/h4-14,17H,3,18H2,1-2H3. The Labute approximate surface area is 111 Å². The van der Waals surface area contributed by atoms with E-state index in [1.807, 2.05) is 0 Å². The van der Waals surface area contributed by atoms with Gasteiger partial charge in [-0.25, -0.2) is 0 Å². The zero-order chi connectivity index (χ0) is 12.8. The summed E-state index contributed by atoms with van der Waals surface area (Å²) >= 11 is 0. The molecule has 0 amide bonds. The van der Waals surface area contributed by atoms with Gasteiger partial charge in [-0.15, -0.1) is 0 Å². The zero-order valence-electron chi connectivity index (χ0n) is 11.1. The van der Waals surface area contributed by atoms with Crippen molar-refractivity contribution in [3.63, 3.8) is 0 Å².